The van der Waals surface area contributed by atoms with Crippen molar-refractivity contribution in [3.05, 3.63) is 65.3 Å². The van der Waals surface area contributed by atoms with Crippen LogP contribution in [-0.4, -0.2) is 22.3 Å². The molecule has 0 aliphatic rings. The molecule has 0 spiro atoms. The number of aromatic nitrogens is 2. The van der Waals surface area contributed by atoms with Gasteiger partial charge in [-0.2, -0.15) is 5.10 Å². The van der Waals surface area contributed by atoms with Gasteiger partial charge in [-0.05, 0) is 30.2 Å². The van der Waals surface area contributed by atoms with Gasteiger partial charge in [0.15, 0.2) is 6.61 Å². The zero-order valence-electron chi connectivity index (χ0n) is 14.0. The summed E-state index contributed by atoms with van der Waals surface area (Å²) < 4.78 is 7.14. The predicted molar refractivity (Wildman–Crippen MR) is 99.0 cm³/mol. The summed E-state index contributed by atoms with van der Waals surface area (Å²) in [4.78, 5) is 12.0. The monoisotopic (exact) mass is 355 g/mol. The number of nitrogens with one attached hydrogen (secondary N) is 1. The predicted octanol–water partition coefficient (Wildman–Crippen LogP) is 4.07. The molecule has 3 aromatic rings. The highest BCUT2D eigenvalue weighted by Crippen LogP contribution is 2.30. The van der Waals surface area contributed by atoms with E-state index in [9.17, 15) is 4.79 Å². The minimum atomic E-state index is -0.272. The number of carbonyl (C=O) groups is 1. The number of hydrogen-bond acceptors (Lipinski definition) is 3. The Morgan fingerprint density at radius 1 is 1.16 bits per heavy atom. The van der Waals surface area contributed by atoms with Crippen LogP contribution in [0.15, 0.2) is 54.6 Å². The van der Waals surface area contributed by atoms with E-state index < -0.39 is 0 Å². The van der Waals surface area contributed by atoms with Crippen LogP contribution in [0.5, 0.6) is 5.75 Å². The lowest BCUT2D eigenvalue weighted by atomic mass is 10.1. The Hall–Kier alpha value is -2.79. The van der Waals surface area contributed by atoms with Crippen LogP contribution in [0.1, 0.15) is 5.69 Å². The molecule has 1 N–H and O–H groups in total. The molecule has 1 heterocycles. The summed E-state index contributed by atoms with van der Waals surface area (Å²) in [5.74, 6) is 0.820. The lowest BCUT2D eigenvalue weighted by Gasteiger charge is -2.10. The first-order valence-corrected chi connectivity index (χ1v) is 8.19. The number of amides is 1. The number of hydrogen-bond donors (Lipinski definition) is 1. The van der Waals surface area contributed by atoms with Crippen LogP contribution < -0.4 is 10.1 Å². The normalized spacial score (nSPS) is 10.5. The van der Waals surface area contributed by atoms with Gasteiger partial charge in [0.05, 0.1) is 10.7 Å². The van der Waals surface area contributed by atoms with E-state index in [0.29, 0.717) is 16.6 Å². The highest BCUT2D eigenvalue weighted by Gasteiger charge is 2.10. The van der Waals surface area contributed by atoms with Crippen molar-refractivity contribution in [2.75, 3.05) is 11.9 Å². The Morgan fingerprint density at radius 3 is 2.56 bits per heavy atom. The first-order valence-electron chi connectivity index (χ1n) is 7.81. The minimum Gasteiger partial charge on any atom is -0.482 e. The molecule has 5 nitrogen and oxygen atoms in total. The van der Waals surface area contributed by atoms with E-state index in [-0.39, 0.29) is 12.5 Å². The van der Waals surface area contributed by atoms with Gasteiger partial charge >= 0.3 is 0 Å². The smallest absolute Gasteiger partial charge is 0.263 e. The Bertz CT molecular complexity index is 891. The number of anilines is 1. The van der Waals surface area contributed by atoms with Crippen LogP contribution in [0.3, 0.4) is 0 Å². The lowest BCUT2D eigenvalue weighted by Crippen LogP contribution is -2.21. The van der Waals surface area contributed by atoms with Crippen molar-refractivity contribution in [3.63, 3.8) is 0 Å². The fourth-order valence-electron chi connectivity index (χ4n) is 2.48. The molecule has 0 fully saturated rings. The fraction of sp³-hybridized carbons (Fsp3) is 0.158. The van der Waals surface area contributed by atoms with Crippen LogP contribution >= 0.6 is 11.6 Å². The second kappa shape index (κ2) is 7.40. The molecule has 0 radical (unpaired) electrons. The summed E-state index contributed by atoms with van der Waals surface area (Å²) in [6.07, 6.45) is 0. The minimum absolute atomic E-state index is 0.130. The largest absolute Gasteiger partial charge is 0.482 e. The fourth-order valence-corrected chi connectivity index (χ4v) is 2.71. The summed E-state index contributed by atoms with van der Waals surface area (Å²) in [7, 11) is 1.77. The van der Waals surface area contributed by atoms with E-state index in [4.69, 9.17) is 16.3 Å². The molecule has 1 amide bonds. The lowest BCUT2D eigenvalue weighted by molar-refractivity contribution is -0.118. The Kier molecular flexibility index (Phi) is 5.05. The maximum absolute atomic E-state index is 12.0. The molecule has 0 bridgehead atoms. The standard InChI is InChI=1S/C19H18ClN3O2/c1-13-10-18(23(2)22-13)21-19(24)12-25-17-9-8-15(11-16(17)20)14-6-4-3-5-7-14/h3-11H,12H2,1-2H3,(H,21,24). The summed E-state index contributed by atoms with van der Waals surface area (Å²) in [5, 5.41) is 7.39. The number of rotatable bonds is 5. The summed E-state index contributed by atoms with van der Waals surface area (Å²) in [6.45, 7) is 1.73. The van der Waals surface area contributed by atoms with Gasteiger partial charge in [-0.15, -0.1) is 0 Å². The van der Waals surface area contributed by atoms with Crippen molar-refractivity contribution in [1.29, 1.82) is 0 Å². The van der Waals surface area contributed by atoms with Crippen molar-refractivity contribution in [2.24, 2.45) is 7.05 Å². The first-order chi connectivity index (χ1) is 12.0. The van der Waals surface area contributed by atoms with Gasteiger partial charge in [0.2, 0.25) is 0 Å². The molecule has 3 rings (SSSR count). The molecule has 0 atom stereocenters. The zero-order valence-corrected chi connectivity index (χ0v) is 14.7. The van der Waals surface area contributed by atoms with E-state index >= 15 is 0 Å². The van der Waals surface area contributed by atoms with Crippen LogP contribution in [0.2, 0.25) is 5.02 Å². The molecule has 0 aliphatic carbocycles. The molecule has 0 saturated carbocycles. The van der Waals surface area contributed by atoms with Crippen LogP contribution in [-0.2, 0) is 11.8 Å². The van der Waals surface area contributed by atoms with Crippen LogP contribution in [0.4, 0.5) is 5.82 Å². The SMILES string of the molecule is Cc1cc(NC(=O)COc2ccc(-c3ccccc3)cc2Cl)n(C)n1. The molecular weight excluding hydrogens is 338 g/mol. The van der Waals surface area contributed by atoms with Crippen LogP contribution in [0, 0.1) is 6.92 Å². The van der Waals surface area contributed by atoms with E-state index in [2.05, 4.69) is 10.4 Å². The number of benzene rings is 2. The topological polar surface area (TPSA) is 56.1 Å². The van der Waals surface area contributed by atoms with Gasteiger partial charge in [-0.1, -0.05) is 48.0 Å². The van der Waals surface area contributed by atoms with Gasteiger partial charge in [0.1, 0.15) is 11.6 Å². The molecule has 0 unspecified atom stereocenters. The van der Waals surface area contributed by atoms with Crippen molar-refractivity contribution in [1.82, 2.24) is 9.78 Å². The number of carbonyl (C=O) groups excluding carboxylic acids is 1. The second-order valence-corrected chi connectivity index (χ2v) is 6.05. The highest BCUT2D eigenvalue weighted by molar-refractivity contribution is 6.32. The Balaban J connectivity index is 1.63. The van der Waals surface area contributed by atoms with Crippen molar-refractivity contribution >= 4 is 23.3 Å². The molecular formula is C19H18ClN3O2. The van der Waals surface area contributed by atoms with Crippen LogP contribution in [0.25, 0.3) is 11.1 Å². The average molecular weight is 356 g/mol. The zero-order chi connectivity index (χ0) is 17.8. The molecule has 0 aliphatic heterocycles. The average Bonchev–Trinajstić information content (AvgIpc) is 2.91. The number of nitrogens with zero attached hydrogens (tertiary/aromatic N) is 2. The quantitative estimate of drug-likeness (QED) is 0.750. The van der Waals surface area contributed by atoms with E-state index in [1.54, 1.807) is 23.9 Å². The summed E-state index contributed by atoms with van der Waals surface area (Å²) in [5.41, 5.74) is 2.89. The summed E-state index contributed by atoms with van der Waals surface area (Å²) >= 11 is 6.28. The maximum Gasteiger partial charge on any atom is 0.263 e. The third kappa shape index (κ3) is 4.19. The molecule has 2 aromatic carbocycles. The third-order valence-corrected chi connectivity index (χ3v) is 3.96. The van der Waals surface area contributed by atoms with Crippen molar-refractivity contribution in [3.8, 4) is 16.9 Å². The number of aryl methyl sites for hydroxylation is 2. The highest BCUT2D eigenvalue weighted by atomic mass is 35.5. The summed E-state index contributed by atoms with van der Waals surface area (Å²) in [6, 6.07) is 17.2. The van der Waals surface area contributed by atoms with Gasteiger partial charge < -0.3 is 10.1 Å². The number of ether oxygens (including phenoxy) is 1. The maximum atomic E-state index is 12.0. The van der Waals surface area contributed by atoms with Crippen molar-refractivity contribution < 1.29 is 9.53 Å². The van der Waals surface area contributed by atoms with Gasteiger partial charge in [-0.25, -0.2) is 0 Å². The van der Waals surface area contributed by atoms with Gasteiger partial charge in [0.25, 0.3) is 5.91 Å². The molecule has 25 heavy (non-hydrogen) atoms. The van der Waals surface area contributed by atoms with E-state index in [1.165, 1.54) is 0 Å². The third-order valence-electron chi connectivity index (χ3n) is 3.67. The molecule has 0 saturated heterocycles. The first kappa shape index (κ1) is 17.0. The Labute approximate surface area is 151 Å². The van der Waals surface area contributed by atoms with Gasteiger partial charge in [0, 0.05) is 13.1 Å². The number of halogens is 1. The molecule has 6 heteroatoms. The van der Waals surface area contributed by atoms with E-state index in [0.717, 1.165) is 16.8 Å². The van der Waals surface area contributed by atoms with Gasteiger partial charge in [-0.3, -0.25) is 9.48 Å². The molecule has 128 valence electrons. The second-order valence-electron chi connectivity index (χ2n) is 5.64. The van der Waals surface area contributed by atoms with Crippen molar-refractivity contribution in [2.45, 2.75) is 6.92 Å². The molecule has 1 aromatic heterocycles. The Morgan fingerprint density at radius 2 is 1.92 bits per heavy atom. The van der Waals surface area contributed by atoms with E-state index in [1.807, 2.05) is 49.4 Å².